The number of carbonyl (C=O) groups excluding carboxylic acids is 2. The van der Waals surface area contributed by atoms with Crippen molar-refractivity contribution in [1.29, 1.82) is 0 Å². The van der Waals surface area contributed by atoms with Gasteiger partial charge in [0.25, 0.3) is 0 Å². The molecule has 1 aliphatic rings. The number of fused-ring (bicyclic) bond motifs is 1. The van der Waals surface area contributed by atoms with E-state index in [2.05, 4.69) is 5.32 Å². The zero-order valence-electron chi connectivity index (χ0n) is 9.36. The number of amides is 2. The number of hydrogen-bond donors (Lipinski definition) is 1. The number of nitrogens with one attached hydrogen (secondary N) is 1. The van der Waals surface area contributed by atoms with Crippen LogP contribution in [0.15, 0.2) is 24.3 Å². The van der Waals surface area contributed by atoms with Crippen LogP contribution in [0.1, 0.15) is 13.8 Å². The number of rotatable bonds is 0. The summed E-state index contributed by atoms with van der Waals surface area (Å²) in [7, 11) is 0. The minimum Gasteiger partial charge on any atom is -0.324 e. The third kappa shape index (κ3) is 1.78. The Morgan fingerprint density at radius 1 is 1.44 bits per heavy atom. The molecular formula is C12H14N2O2. The molecule has 1 aliphatic heterocycles. The molecule has 0 saturated heterocycles. The first kappa shape index (κ1) is 10.7. The Morgan fingerprint density at radius 2 is 2.12 bits per heavy atom. The lowest BCUT2D eigenvalue weighted by atomic mass is 10.1. The van der Waals surface area contributed by atoms with Gasteiger partial charge < -0.3 is 10.2 Å². The van der Waals surface area contributed by atoms with Crippen molar-refractivity contribution in [3.05, 3.63) is 24.3 Å². The quantitative estimate of drug-likeness (QED) is 0.719. The summed E-state index contributed by atoms with van der Waals surface area (Å²) in [5.41, 5.74) is 1.47. The maximum Gasteiger partial charge on any atom is 0.229 e. The van der Waals surface area contributed by atoms with E-state index >= 15 is 0 Å². The molecule has 1 aromatic rings. The minimum atomic E-state index is -0.198. The lowest BCUT2D eigenvalue weighted by Gasteiger charge is -2.21. The minimum absolute atomic E-state index is 0.0452. The summed E-state index contributed by atoms with van der Waals surface area (Å²) in [6, 6.07) is 7.35. The summed E-state index contributed by atoms with van der Waals surface area (Å²) in [5.74, 6) is -0.289. The van der Waals surface area contributed by atoms with Gasteiger partial charge in [0, 0.05) is 13.5 Å². The van der Waals surface area contributed by atoms with Gasteiger partial charge in [0.05, 0.1) is 17.3 Å². The van der Waals surface area contributed by atoms with Gasteiger partial charge in [0.2, 0.25) is 11.8 Å². The van der Waals surface area contributed by atoms with Gasteiger partial charge in [0.15, 0.2) is 0 Å². The second-order valence-electron chi connectivity index (χ2n) is 4.04. The van der Waals surface area contributed by atoms with E-state index in [1.807, 2.05) is 25.1 Å². The van der Waals surface area contributed by atoms with Gasteiger partial charge in [-0.1, -0.05) is 19.1 Å². The Kier molecular flexibility index (Phi) is 2.64. The predicted octanol–water partition coefficient (Wildman–Crippen LogP) is 1.63. The van der Waals surface area contributed by atoms with E-state index in [4.69, 9.17) is 0 Å². The van der Waals surface area contributed by atoms with Gasteiger partial charge in [-0.15, -0.1) is 0 Å². The van der Waals surface area contributed by atoms with E-state index < -0.39 is 0 Å². The molecule has 0 radical (unpaired) electrons. The highest BCUT2D eigenvalue weighted by molar-refractivity contribution is 6.03. The van der Waals surface area contributed by atoms with Crippen LogP contribution >= 0.6 is 0 Å². The molecule has 84 valence electrons. The number of benzene rings is 1. The SMILES string of the molecule is CC(=O)N1C[C@H](C)C(=O)Nc2ccccc21. The number of anilines is 2. The zero-order chi connectivity index (χ0) is 11.7. The first-order chi connectivity index (χ1) is 7.59. The fraction of sp³-hybridized carbons (Fsp3) is 0.333. The van der Waals surface area contributed by atoms with Crippen LogP contribution in [0.2, 0.25) is 0 Å². The van der Waals surface area contributed by atoms with Crippen LogP contribution in [0.4, 0.5) is 11.4 Å². The molecule has 0 aliphatic carbocycles. The van der Waals surface area contributed by atoms with E-state index in [1.54, 1.807) is 11.0 Å². The molecule has 16 heavy (non-hydrogen) atoms. The largest absolute Gasteiger partial charge is 0.324 e. The third-order valence-electron chi connectivity index (χ3n) is 2.74. The van der Waals surface area contributed by atoms with E-state index in [9.17, 15) is 9.59 Å². The van der Waals surface area contributed by atoms with Gasteiger partial charge in [-0.25, -0.2) is 0 Å². The standard InChI is InChI=1S/C12H14N2O2/c1-8-7-14(9(2)15)11-6-4-3-5-10(11)13-12(8)16/h3-6,8H,7H2,1-2H3,(H,13,16)/t8-/m0/s1. The van der Waals surface area contributed by atoms with Crippen molar-refractivity contribution in [2.45, 2.75) is 13.8 Å². The highest BCUT2D eigenvalue weighted by Crippen LogP contribution is 2.29. The molecule has 1 heterocycles. The van der Waals surface area contributed by atoms with Gasteiger partial charge in [-0.2, -0.15) is 0 Å². The van der Waals surface area contributed by atoms with Crippen molar-refractivity contribution >= 4 is 23.2 Å². The smallest absolute Gasteiger partial charge is 0.229 e. The monoisotopic (exact) mass is 218 g/mol. The number of carbonyl (C=O) groups is 2. The van der Waals surface area contributed by atoms with E-state index in [-0.39, 0.29) is 17.7 Å². The number of hydrogen-bond acceptors (Lipinski definition) is 2. The van der Waals surface area contributed by atoms with Gasteiger partial charge >= 0.3 is 0 Å². The van der Waals surface area contributed by atoms with Crippen LogP contribution in [0.3, 0.4) is 0 Å². The molecule has 0 bridgehead atoms. The third-order valence-corrected chi connectivity index (χ3v) is 2.74. The van der Waals surface area contributed by atoms with Crippen molar-refractivity contribution in [3.8, 4) is 0 Å². The summed E-state index contributed by atoms with van der Waals surface area (Å²) >= 11 is 0. The molecule has 0 aromatic heterocycles. The molecule has 1 N–H and O–H groups in total. The zero-order valence-corrected chi connectivity index (χ0v) is 9.36. The van der Waals surface area contributed by atoms with Gasteiger partial charge in [-0.05, 0) is 12.1 Å². The molecular weight excluding hydrogens is 204 g/mol. The Morgan fingerprint density at radius 3 is 2.81 bits per heavy atom. The van der Waals surface area contributed by atoms with Crippen molar-refractivity contribution in [3.63, 3.8) is 0 Å². The van der Waals surface area contributed by atoms with E-state index in [0.29, 0.717) is 12.2 Å². The summed E-state index contributed by atoms with van der Waals surface area (Å²) in [6.45, 7) is 3.76. The second-order valence-corrected chi connectivity index (χ2v) is 4.04. The highest BCUT2D eigenvalue weighted by atomic mass is 16.2. The predicted molar refractivity (Wildman–Crippen MR) is 62.3 cm³/mol. The number of para-hydroxylation sites is 2. The van der Waals surface area contributed by atoms with Crippen LogP contribution in [-0.2, 0) is 9.59 Å². The molecule has 0 unspecified atom stereocenters. The maximum atomic E-state index is 11.7. The van der Waals surface area contributed by atoms with Crippen molar-refractivity contribution in [2.24, 2.45) is 5.92 Å². The lowest BCUT2D eigenvalue weighted by Crippen LogP contribution is -2.34. The average Bonchev–Trinajstić information content (AvgIpc) is 2.37. The molecule has 2 rings (SSSR count). The van der Waals surface area contributed by atoms with Crippen LogP contribution < -0.4 is 10.2 Å². The average molecular weight is 218 g/mol. The Balaban J connectivity index is 2.49. The molecule has 2 amide bonds. The van der Waals surface area contributed by atoms with Crippen LogP contribution in [0.5, 0.6) is 0 Å². The summed E-state index contributed by atoms with van der Waals surface area (Å²) < 4.78 is 0. The van der Waals surface area contributed by atoms with Crippen molar-refractivity contribution < 1.29 is 9.59 Å². The summed E-state index contributed by atoms with van der Waals surface area (Å²) in [4.78, 5) is 24.9. The first-order valence-corrected chi connectivity index (χ1v) is 5.27. The van der Waals surface area contributed by atoms with Crippen LogP contribution in [0.25, 0.3) is 0 Å². The normalized spacial score (nSPS) is 19.8. The Labute approximate surface area is 94.2 Å². The Bertz CT molecular complexity index is 442. The fourth-order valence-electron chi connectivity index (χ4n) is 1.82. The van der Waals surface area contributed by atoms with E-state index in [1.165, 1.54) is 6.92 Å². The molecule has 4 nitrogen and oxygen atoms in total. The maximum absolute atomic E-state index is 11.7. The van der Waals surface area contributed by atoms with Gasteiger partial charge in [-0.3, -0.25) is 9.59 Å². The van der Waals surface area contributed by atoms with Crippen LogP contribution in [-0.4, -0.2) is 18.4 Å². The molecule has 0 saturated carbocycles. The second kappa shape index (κ2) is 3.96. The molecule has 0 fully saturated rings. The summed E-state index contributed by atoms with van der Waals surface area (Å²) in [5, 5.41) is 2.82. The molecule has 4 heteroatoms. The lowest BCUT2D eigenvalue weighted by molar-refractivity contribution is -0.119. The van der Waals surface area contributed by atoms with Crippen LogP contribution in [0, 0.1) is 5.92 Å². The van der Waals surface area contributed by atoms with E-state index in [0.717, 1.165) is 5.69 Å². The van der Waals surface area contributed by atoms with Gasteiger partial charge in [0.1, 0.15) is 0 Å². The fourth-order valence-corrected chi connectivity index (χ4v) is 1.82. The topological polar surface area (TPSA) is 49.4 Å². The first-order valence-electron chi connectivity index (χ1n) is 5.27. The highest BCUT2D eigenvalue weighted by Gasteiger charge is 2.26. The molecule has 1 atom stereocenters. The van der Waals surface area contributed by atoms with Crippen molar-refractivity contribution in [1.82, 2.24) is 0 Å². The molecule has 1 aromatic carbocycles. The Hall–Kier alpha value is -1.84. The summed E-state index contributed by atoms with van der Waals surface area (Å²) in [6.07, 6.45) is 0. The van der Waals surface area contributed by atoms with Crippen molar-refractivity contribution in [2.75, 3.05) is 16.8 Å². The molecule has 0 spiro atoms. The number of nitrogens with zero attached hydrogens (tertiary/aromatic N) is 1.